The Morgan fingerprint density at radius 2 is 1.48 bits per heavy atom. The van der Waals surface area contributed by atoms with Gasteiger partial charge in [-0.15, -0.1) is 0 Å². The van der Waals surface area contributed by atoms with Gasteiger partial charge in [0.05, 0.1) is 5.69 Å². The van der Waals surface area contributed by atoms with Gasteiger partial charge in [0.1, 0.15) is 5.82 Å². The highest BCUT2D eigenvalue weighted by molar-refractivity contribution is 5.81. The number of amides is 1. The molecule has 2 saturated heterocycles. The fraction of sp³-hybridized carbons (Fsp3) is 0.423. The molecular weight excluding hydrogens is 414 g/mol. The first-order chi connectivity index (χ1) is 16.2. The maximum absolute atomic E-state index is 12.6. The molecule has 1 unspecified atom stereocenters. The van der Waals surface area contributed by atoms with Crippen LogP contribution in [0.4, 0.5) is 5.69 Å². The van der Waals surface area contributed by atoms with E-state index in [0.29, 0.717) is 12.4 Å². The van der Waals surface area contributed by atoms with E-state index in [-0.39, 0.29) is 23.4 Å². The molecule has 1 aliphatic carbocycles. The molecule has 1 aromatic heterocycles. The van der Waals surface area contributed by atoms with Crippen molar-refractivity contribution in [1.82, 2.24) is 19.7 Å². The molecule has 0 spiro atoms. The Labute approximate surface area is 193 Å². The van der Waals surface area contributed by atoms with Crippen LogP contribution in [-0.2, 0) is 4.79 Å². The summed E-state index contributed by atoms with van der Waals surface area (Å²) in [5.74, 6) is 1.28. The van der Waals surface area contributed by atoms with Gasteiger partial charge in [0.15, 0.2) is 0 Å². The van der Waals surface area contributed by atoms with Gasteiger partial charge in [-0.3, -0.25) is 4.79 Å². The third-order valence-electron chi connectivity index (χ3n) is 7.29. The van der Waals surface area contributed by atoms with Crippen molar-refractivity contribution in [1.29, 1.82) is 0 Å². The van der Waals surface area contributed by atoms with Gasteiger partial charge in [0, 0.05) is 43.7 Å². The number of carbonyl (C=O) groups is 1. The van der Waals surface area contributed by atoms with Gasteiger partial charge in [-0.2, -0.15) is 5.10 Å². The normalized spacial score (nSPS) is 20.5. The Kier molecular flexibility index (Phi) is 5.04. The number of anilines is 1. The molecule has 0 radical (unpaired) electrons. The summed E-state index contributed by atoms with van der Waals surface area (Å²) >= 11 is 0. The van der Waals surface area contributed by atoms with E-state index in [0.717, 1.165) is 55.7 Å². The van der Waals surface area contributed by atoms with Gasteiger partial charge in [-0.1, -0.05) is 24.3 Å². The van der Waals surface area contributed by atoms with Gasteiger partial charge in [0.25, 0.3) is 0 Å². The molecular formula is C26H29N5O2. The fourth-order valence-electron chi connectivity index (χ4n) is 5.24. The second-order valence-electron chi connectivity index (χ2n) is 9.55. The van der Waals surface area contributed by atoms with E-state index in [1.54, 1.807) is 4.57 Å². The van der Waals surface area contributed by atoms with Crippen LogP contribution >= 0.6 is 0 Å². The van der Waals surface area contributed by atoms with E-state index >= 15 is 0 Å². The Balaban J connectivity index is 1.21. The lowest BCUT2D eigenvalue weighted by atomic mass is 10.0. The number of benzene rings is 2. The average molecular weight is 444 g/mol. The summed E-state index contributed by atoms with van der Waals surface area (Å²) in [5.41, 5.74) is 4.13. The molecule has 2 aromatic carbocycles. The molecule has 7 heteroatoms. The average Bonchev–Trinajstić information content (AvgIpc) is 3.22. The van der Waals surface area contributed by atoms with Gasteiger partial charge >= 0.3 is 5.69 Å². The molecule has 33 heavy (non-hydrogen) atoms. The van der Waals surface area contributed by atoms with Crippen molar-refractivity contribution in [2.45, 2.75) is 38.0 Å². The third-order valence-corrected chi connectivity index (χ3v) is 7.29. The maximum atomic E-state index is 12.6. The number of nitrogens with zero attached hydrogens (tertiary/aromatic N) is 4. The Morgan fingerprint density at radius 1 is 0.848 bits per heavy atom. The summed E-state index contributed by atoms with van der Waals surface area (Å²) in [6.45, 7) is 3.67. The summed E-state index contributed by atoms with van der Waals surface area (Å²) in [6.07, 6.45) is 5.41. The molecule has 1 amide bonds. The standard InChI is InChI=1S/C26H29N5O2/c32-25(20-3-4-20)30-16-13-21(17-30)24-27-28-26(33)31(24)23-11-7-19(8-12-23)18-5-9-22(10-6-18)29-14-1-2-15-29/h5-12,20-21H,1-4,13-17H2,(H,28,33). The van der Waals surface area contributed by atoms with Crippen molar-refractivity contribution < 1.29 is 4.79 Å². The SMILES string of the molecule is O=C(C1CC1)N1CCC(c2n[nH]c(=O)n2-c2ccc(-c3ccc(N4CCCC4)cc3)cc2)C1. The molecule has 6 rings (SSSR count). The second kappa shape index (κ2) is 8.21. The van der Waals surface area contributed by atoms with Crippen LogP contribution in [0.3, 0.4) is 0 Å². The first kappa shape index (κ1) is 20.3. The van der Waals surface area contributed by atoms with Crippen LogP contribution in [0.25, 0.3) is 16.8 Å². The van der Waals surface area contributed by atoms with Crippen LogP contribution in [0.5, 0.6) is 0 Å². The van der Waals surface area contributed by atoms with Crippen LogP contribution in [-0.4, -0.2) is 51.8 Å². The number of hydrogen-bond acceptors (Lipinski definition) is 4. The van der Waals surface area contributed by atoms with Crippen LogP contribution < -0.4 is 10.6 Å². The zero-order chi connectivity index (χ0) is 22.4. The summed E-state index contributed by atoms with van der Waals surface area (Å²) in [6, 6.07) is 16.8. The van der Waals surface area contributed by atoms with Crippen molar-refractivity contribution in [3.63, 3.8) is 0 Å². The molecule has 0 bridgehead atoms. The first-order valence-electron chi connectivity index (χ1n) is 12.1. The highest BCUT2D eigenvalue weighted by Gasteiger charge is 2.38. The van der Waals surface area contributed by atoms with E-state index in [1.807, 2.05) is 17.0 Å². The third kappa shape index (κ3) is 3.86. The van der Waals surface area contributed by atoms with E-state index in [1.165, 1.54) is 18.5 Å². The second-order valence-corrected chi connectivity index (χ2v) is 9.55. The number of H-pyrrole nitrogens is 1. The lowest BCUT2D eigenvalue weighted by Crippen LogP contribution is -2.30. The number of aromatic nitrogens is 3. The Hall–Kier alpha value is -3.35. The quantitative estimate of drug-likeness (QED) is 0.654. The molecule has 2 aliphatic heterocycles. The van der Waals surface area contributed by atoms with Crippen LogP contribution in [0, 0.1) is 5.92 Å². The van der Waals surface area contributed by atoms with Crippen molar-refractivity contribution in [2.75, 3.05) is 31.1 Å². The Bertz CT molecular complexity index is 1200. The molecule has 170 valence electrons. The van der Waals surface area contributed by atoms with E-state index in [2.05, 4.69) is 51.5 Å². The largest absolute Gasteiger partial charge is 0.372 e. The van der Waals surface area contributed by atoms with Crippen LogP contribution in [0.1, 0.15) is 43.8 Å². The lowest BCUT2D eigenvalue weighted by Gasteiger charge is -2.18. The summed E-state index contributed by atoms with van der Waals surface area (Å²) in [7, 11) is 0. The number of aromatic amines is 1. The van der Waals surface area contributed by atoms with Gasteiger partial charge < -0.3 is 9.80 Å². The van der Waals surface area contributed by atoms with Crippen molar-refractivity contribution >= 4 is 11.6 Å². The highest BCUT2D eigenvalue weighted by Crippen LogP contribution is 2.35. The van der Waals surface area contributed by atoms with E-state index in [9.17, 15) is 9.59 Å². The number of carbonyl (C=O) groups excluding carboxylic acids is 1. The number of hydrogen-bond donors (Lipinski definition) is 1. The predicted molar refractivity (Wildman–Crippen MR) is 128 cm³/mol. The smallest absolute Gasteiger partial charge is 0.347 e. The molecule has 3 aromatic rings. The van der Waals surface area contributed by atoms with E-state index < -0.39 is 0 Å². The molecule has 3 heterocycles. The molecule has 1 N–H and O–H groups in total. The minimum atomic E-state index is -0.236. The summed E-state index contributed by atoms with van der Waals surface area (Å²) in [5, 5.41) is 6.96. The number of rotatable bonds is 5. The van der Waals surface area contributed by atoms with Crippen LogP contribution in [0.2, 0.25) is 0 Å². The van der Waals surface area contributed by atoms with Crippen molar-refractivity contribution in [3.05, 3.63) is 64.8 Å². The maximum Gasteiger partial charge on any atom is 0.347 e. The fourth-order valence-corrected chi connectivity index (χ4v) is 5.24. The molecule has 1 atom stereocenters. The zero-order valence-electron chi connectivity index (χ0n) is 18.7. The van der Waals surface area contributed by atoms with Gasteiger partial charge in [-0.05, 0) is 67.5 Å². The van der Waals surface area contributed by atoms with Crippen molar-refractivity contribution in [3.8, 4) is 16.8 Å². The minimum Gasteiger partial charge on any atom is -0.372 e. The van der Waals surface area contributed by atoms with Gasteiger partial charge in [-0.25, -0.2) is 14.5 Å². The van der Waals surface area contributed by atoms with Crippen LogP contribution in [0.15, 0.2) is 53.3 Å². The number of nitrogens with one attached hydrogen (secondary N) is 1. The van der Waals surface area contributed by atoms with Gasteiger partial charge in [0.2, 0.25) is 5.91 Å². The number of likely N-dealkylation sites (tertiary alicyclic amines) is 1. The minimum absolute atomic E-state index is 0.0736. The predicted octanol–water partition coefficient (Wildman–Crippen LogP) is 3.55. The summed E-state index contributed by atoms with van der Waals surface area (Å²) < 4.78 is 1.66. The Morgan fingerprint density at radius 3 is 2.12 bits per heavy atom. The topological polar surface area (TPSA) is 74.2 Å². The monoisotopic (exact) mass is 443 g/mol. The lowest BCUT2D eigenvalue weighted by molar-refractivity contribution is -0.131. The molecule has 3 aliphatic rings. The highest BCUT2D eigenvalue weighted by atomic mass is 16.2. The molecule has 3 fully saturated rings. The summed E-state index contributed by atoms with van der Waals surface area (Å²) in [4.78, 5) is 29.4. The zero-order valence-corrected chi connectivity index (χ0v) is 18.7. The van der Waals surface area contributed by atoms with Crippen molar-refractivity contribution in [2.24, 2.45) is 5.92 Å². The molecule has 1 saturated carbocycles. The first-order valence-corrected chi connectivity index (χ1v) is 12.1. The van der Waals surface area contributed by atoms with E-state index in [4.69, 9.17) is 0 Å². The molecule has 7 nitrogen and oxygen atoms in total.